The summed E-state index contributed by atoms with van der Waals surface area (Å²) < 4.78 is 0. The monoisotopic (exact) mass is 332 g/mol. The summed E-state index contributed by atoms with van der Waals surface area (Å²) in [6.45, 7) is 1.62. The lowest BCUT2D eigenvalue weighted by Gasteiger charge is -2.33. The number of amides is 1. The molecule has 1 amide bonds. The predicted molar refractivity (Wildman–Crippen MR) is 88.5 cm³/mol. The van der Waals surface area contributed by atoms with E-state index in [1.54, 1.807) is 18.6 Å². The minimum atomic E-state index is -0.712. The maximum Gasteiger partial charge on any atom is 0.306 e. The van der Waals surface area contributed by atoms with E-state index >= 15 is 0 Å². The van der Waals surface area contributed by atoms with E-state index in [1.807, 2.05) is 0 Å². The molecule has 7 nitrogen and oxygen atoms in total. The van der Waals surface area contributed by atoms with Crippen LogP contribution in [0, 0.1) is 11.8 Å². The van der Waals surface area contributed by atoms with Gasteiger partial charge in [0.25, 0.3) is 0 Å². The van der Waals surface area contributed by atoms with Gasteiger partial charge in [-0.1, -0.05) is 0 Å². The van der Waals surface area contributed by atoms with Crippen molar-refractivity contribution in [3.63, 3.8) is 0 Å². The van der Waals surface area contributed by atoms with Crippen LogP contribution in [0.25, 0.3) is 0 Å². The Hall–Kier alpha value is -2.18. The first-order valence-corrected chi connectivity index (χ1v) is 8.67. The number of piperidine rings is 1. The molecule has 0 unspecified atom stereocenters. The molecule has 1 aliphatic carbocycles. The van der Waals surface area contributed by atoms with Crippen LogP contribution in [-0.2, 0) is 9.59 Å². The molecule has 1 aliphatic heterocycles. The second-order valence-corrected chi connectivity index (χ2v) is 6.72. The van der Waals surface area contributed by atoms with Gasteiger partial charge < -0.3 is 15.3 Å². The van der Waals surface area contributed by atoms with Crippen molar-refractivity contribution in [3.05, 3.63) is 18.6 Å². The molecule has 0 bridgehead atoms. The largest absolute Gasteiger partial charge is 0.481 e. The van der Waals surface area contributed by atoms with E-state index in [9.17, 15) is 9.59 Å². The zero-order chi connectivity index (χ0) is 16.9. The number of nitrogens with one attached hydrogen (secondary N) is 1. The normalized spacial score (nSPS) is 25.2. The van der Waals surface area contributed by atoms with Gasteiger partial charge in [-0.25, -0.2) is 4.98 Å². The standard InChI is InChI=1S/C17H24N4O3/c22-16(20-14-3-1-13(2-4-14)17(23)24)12-5-9-21(10-6-12)15-11-18-7-8-19-15/h7-8,11-14H,1-6,9-10H2,(H,20,22)(H,23,24). The lowest BCUT2D eigenvalue weighted by atomic mass is 9.85. The van der Waals surface area contributed by atoms with Crippen molar-refractivity contribution in [2.75, 3.05) is 18.0 Å². The maximum atomic E-state index is 12.5. The Morgan fingerprint density at radius 1 is 1.04 bits per heavy atom. The highest BCUT2D eigenvalue weighted by atomic mass is 16.4. The number of carboxylic acid groups (broad SMARTS) is 1. The summed E-state index contributed by atoms with van der Waals surface area (Å²) >= 11 is 0. The summed E-state index contributed by atoms with van der Waals surface area (Å²) in [5.74, 6) is 0.0653. The molecule has 1 saturated heterocycles. The van der Waals surface area contributed by atoms with Gasteiger partial charge in [-0.2, -0.15) is 0 Å². The number of carbonyl (C=O) groups excluding carboxylic acids is 1. The molecule has 1 saturated carbocycles. The SMILES string of the molecule is O=C(O)C1CCC(NC(=O)C2CCN(c3cnccn3)CC2)CC1. The summed E-state index contributed by atoms with van der Waals surface area (Å²) in [4.78, 5) is 34.0. The van der Waals surface area contributed by atoms with Crippen LogP contribution in [0.5, 0.6) is 0 Å². The number of hydrogen-bond donors (Lipinski definition) is 2. The highest BCUT2D eigenvalue weighted by Crippen LogP contribution is 2.26. The van der Waals surface area contributed by atoms with E-state index in [1.165, 1.54) is 0 Å². The van der Waals surface area contributed by atoms with Crippen molar-refractivity contribution in [1.29, 1.82) is 0 Å². The van der Waals surface area contributed by atoms with Crippen molar-refractivity contribution in [3.8, 4) is 0 Å². The third kappa shape index (κ3) is 4.01. The first-order chi connectivity index (χ1) is 11.6. The zero-order valence-corrected chi connectivity index (χ0v) is 13.7. The third-order valence-corrected chi connectivity index (χ3v) is 5.16. The topological polar surface area (TPSA) is 95.4 Å². The number of hydrogen-bond acceptors (Lipinski definition) is 5. The van der Waals surface area contributed by atoms with Crippen LogP contribution in [0.15, 0.2) is 18.6 Å². The number of rotatable bonds is 4. The van der Waals surface area contributed by atoms with E-state index in [4.69, 9.17) is 5.11 Å². The van der Waals surface area contributed by atoms with E-state index in [0.29, 0.717) is 12.8 Å². The molecular weight excluding hydrogens is 308 g/mol. The van der Waals surface area contributed by atoms with Crippen molar-refractivity contribution in [1.82, 2.24) is 15.3 Å². The number of carbonyl (C=O) groups is 2. The summed E-state index contributed by atoms with van der Waals surface area (Å²) in [5.41, 5.74) is 0. The van der Waals surface area contributed by atoms with Crippen molar-refractivity contribution in [2.24, 2.45) is 11.8 Å². The van der Waals surface area contributed by atoms with Gasteiger partial charge in [-0.3, -0.25) is 14.6 Å². The fourth-order valence-corrected chi connectivity index (χ4v) is 3.63. The molecule has 0 aromatic carbocycles. The Kier molecular flexibility index (Phi) is 5.27. The van der Waals surface area contributed by atoms with E-state index in [-0.39, 0.29) is 23.8 Å². The molecule has 130 valence electrons. The smallest absolute Gasteiger partial charge is 0.306 e. The van der Waals surface area contributed by atoms with E-state index in [2.05, 4.69) is 20.2 Å². The highest BCUT2D eigenvalue weighted by molar-refractivity contribution is 5.79. The first kappa shape index (κ1) is 16.7. The Labute approximate surface area is 141 Å². The van der Waals surface area contributed by atoms with Crippen molar-refractivity contribution in [2.45, 2.75) is 44.6 Å². The molecule has 0 atom stereocenters. The van der Waals surface area contributed by atoms with Crippen LogP contribution < -0.4 is 10.2 Å². The molecule has 3 rings (SSSR count). The lowest BCUT2D eigenvalue weighted by molar-refractivity contribution is -0.142. The first-order valence-electron chi connectivity index (χ1n) is 8.67. The predicted octanol–water partition coefficient (Wildman–Crippen LogP) is 1.45. The van der Waals surface area contributed by atoms with Gasteiger partial charge in [0.05, 0.1) is 12.1 Å². The number of anilines is 1. The van der Waals surface area contributed by atoms with Crippen molar-refractivity contribution < 1.29 is 14.7 Å². The average Bonchev–Trinajstić information content (AvgIpc) is 2.63. The zero-order valence-electron chi connectivity index (χ0n) is 13.7. The van der Waals surface area contributed by atoms with Crippen LogP contribution in [0.3, 0.4) is 0 Å². The van der Waals surface area contributed by atoms with Gasteiger partial charge >= 0.3 is 5.97 Å². The second kappa shape index (κ2) is 7.59. The van der Waals surface area contributed by atoms with Crippen LogP contribution in [0.4, 0.5) is 5.82 Å². The molecule has 2 fully saturated rings. The van der Waals surface area contributed by atoms with Gasteiger partial charge in [-0.05, 0) is 38.5 Å². The molecule has 2 N–H and O–H groups in total. The number of aromatic nitrogens is 2. The molecule has 1 aromatic rings. The van der Waals surface area contributed by atoms with Gasteiger partial charge in [0.2, 0.25) is 5.91 Å². The molecule has 1 aromatic heterocycles. The van der Waals surface area contributed by atoms with Crippen LogP contribution >= 0.6 is 0 Å². The Balaban J connectivity index is 1.43. The molecule has 2 heterocycles. The quantitative estimate of drug-likeness (QED) is 0.866. The molecular formula is C17H24N4O3. The van der Waals surface area contributed by atoms with Crippen molar-refractivity contribution >= 4 is 17.7 Å². The summed E-state index contributed by atoms with van der Waals surface area (Å²) in [7, 11) is 0. The van der Waals surface area contributed by atoms with E-state index < -0.39 is 5.97 Å². The van der Waals surface area contributed by atoms with Gasteiger partial charge in [0.15, 0.2) is 0 Å². The highest BCUT2D eigenvalue weighted by Gasteiger charge is 2.30. The summed E-state index contributed by atoms with van der Waals surface area (Å²) in [6.07, 6.45) is 9.56. The Morgan fingerprint density at radius 2 is 1.75 bits per heavy atom. The van der Waals surface area contributed by atoms with Crippen LogP contribution in [0.1, 0.15) is 38.5 Å². The minimum Gasteiger partial charge on any atom is -0.481 e. The number of carboxylic acids is 1. The molecule has 7 heteroatoms. The Bertz CT molecular complexity index is 564. The lowest BCUT2D eigenvalue weighted by Crippen LogP contribution is -2.45. The summed E-state index contributed by atoms with van der Waals surface area (Å²) in [5, 5.41) is 12.2. The van der Waals surface area contributed by atoms with E-state index in [0.717, 1.165) is 44.6 Å². The fraction of sp³-hybridized carbons (Fsp3) is 0.647. The molecule has 0 radical (unpaired) electrons. The average molecular weight is 332 g/mol. The number of nitrogens with zero attached hydrogens (tertiary/aromatic N) is 3. The Morgan fingerprint density at radius 3 is 2.33 bits per heavy atom. The third-order valence-electron chi connectivity index (χ3n) is 5.16. The number of aliphatic carboxylic acids is 1. The molecule has 2 aliphatic rings. The summed E-state index contributed by atoms with van der Waals surface area (Å²) in [6, 6.07) is 0.131. The fourth-order valence-electron chi connectivity index (χ4n) is 3.63. The van der Waals surface area contributed by atoms with Gasteiger partial charge in [0.1, 0.15) is 5.82 Å². The van der Waals surface area contributed by atoms with Gasteiger partial charge in [-0.15, -0.1) is 0 Å². The minimum absolute atomic E-state index is 0.0371. The maximum absolute atomic E-state index is 12.5. The van der Waals surface area contributed by atoms with Crippen LogP contribution in [-0.4, -0.2) is 46.1 Å². The van der Waals surface area contributed by atoms with Gasteiger partial charge in [0, 0.05) is 37.4 Å². The van der Waals surface area contributed by atoms with Crippen LogP contribution in [0.2, 0.25) is 0 Å². The molecule has 0 spiro atoms. The molecule has 24 heavy (non-hydrogen) atoms. The second-order valence-electron chi connectivity index (χ2n) is 6.72.